The normalized spacial score (nSPS) is 24.5. The van der Waals surface area contributed by atoms with E-state index >= 15 is 19.2 Å². The van der Waals surface area contributed by atoms with E-state index in [4.69, 9.17) is 0 Å². The van der Waals surface area contributed by atoms with Crippen LogP contribution in [0.2, 0.25) is 0 Å². The lowest BCUT2D eigenvalue weighted by Crippen LogP contribution is -2.64. The largest absolute Gasteiger partial charge is 0.342 e. The number of carbonyl (C=O) groups is 12. The molecule has 25 heteroatoms. The first-order valence-corrected chi connectivity index (χ1v) is 35.8. The summed E-state index contributed by atoms with van der Waals surface area (Å²) in [5.41, 5.74) is 2.08. The summed E-state index contributed by atoms with van der Waals surface area (Å²) in [5.74, 6) is -8.64. The van der Waals surface area contributed by atoms with Gasteiger partial charge in [0, 0.05) is 84.8 Å². The van der Waals surface area contributed by atoms with Crippen LogP contribution >= 0.6 is 22.6 Å². The molecule has 3 aliphatic heterocycles. The van der Waals surface area contributed by atoms with Gasteiger partial charge in [0.25, 0.3) is 0 Å². The number of nitrogens with one attached hydrogen (secondary N) is 4. The predicted octanol–water partition coefficient (Wildman–Crippen LogP) is 4.67. The smallest absolute Gasteiger partial charge is 0.246 e. The summed E-state index contributed by atoms with van der Waals surface area (Å²) in [6.07, 6.45) is 2.48. The van der Waals surface area contributed by atoms with E-state index in [1.54, 1.807) is 30.0 Å². The molecule has 3 saturated heterocycles. The Morgan fingerprint density at radius 1 is 0.576 bits per heavy atom. The molecule has 24 nitrogen and oxygen atoms in total. The number of aryl methyl sites for hydroxylation is 2. The number of benzene rings is 3. The summed E-state index contributed by atoms with van der Waals surface area (Å²) >= 11 is 2.14. The average Bonchev–Trinajstić information content (AvgIpc) is 0.803. The Labute approximate surface area is 598 Å². The van der Waals surface area contributed by atoms with Crippen molar-refractivity contribution in [3.8, 4) is 0 Å². The number of piperidine rings is 1. The molecule has 0 aliphatic carbocycles. The van der Waals surface area contributed by atoms with Gasteiger partial charge in [-0.3, -0.25) is 57.5 Å². The SMILES string of the molecule is CC[C@H](C)[C@@H]1NC(=O)[C@H](CC(C)C)N(C)C(=O)C[C@@H](C(=O)N2CCCCC2)N(C)C(=O)[C@H](CC(C)C)NC(=O)C(C)(C)N(C)C(=O)[C@H](Cc2ccccc2C)NC(=O)[C@H](Cc2cccc(I)c2)NC(=O)CN(C)C(=O)[C@H](Cc2ccc(C)cc2)N(C)C(=O)[C@@H]2CCN2C(=O)CN(C)C1=O. The Morgan fingerprint density at radius 2 is 1.21 bits per heavy atom. The highest BCUT2D eigenvalue weighted by atomic mass is 127. The van der Waals surface area contributed by atoms with Gasteiger partial charge in [0.05, 0.1) is 19.5 Å². The third-order valence-electron chi connectivity index (χ3n) is 19.9. The molecule has 99 heavy (non-hydrogen) atoms. The number of hydrogen-bond donors (Lipinski definition) is 4. The van der Waals surface area contributed by atoms with Gasteiger partial charge in [-0.25, -0.2) is 0 Å². The fourth-order valence-corrected chi connectivity index (χ4v) is 13.4. The molecule has 3 aromatic carbocycles. The topological polar surface area (TPSA) is 279 Å². The zero-order valence-corrected chi connectivity index (χ0v) is 63.1. The van der Waals surface area contributed by atoms with Gasteiger partial charge in [-0.05, 0) is 141 Å². The van der Waals surface area contributed by atoms with E-state index in [0.717, 1.165) is 21.1 Å². The molecular weight excluding hydrogens is 1380 g/mol. The third kappa shape index (κ3) is 21.1. The van der Waals surface area contributed by atoms with E-state index in [1.807, 2.05) is 103 Å². The summed E-state index contributed by atoms with van der Waals surface area (Å²) in [7, 11) is 8.57. The van der Waals surface area contributed by atoms with Gasteiger partial charge in [0.15, 0.2) is 0 Å². The van der Waals surface area contributed by atoms with Crippen molar-refractivity contribution >= 4 is 93.5 Å². The van der Waals surface area contributed by atoms with Gasteiger partial charge in [0.2, 0.25) is 70.9 Å². The minimum absolute atomic E-state index is 0.0176. The molecule has 3 aromatic rings. The van der Waals surface area contributed by atoms with E-state index in [2.05, 4.69) is 43.9 Å². The lowest BCUT2D eigenvalue weighted by atomic mass is 9.95. The predicted molar refractivity (Wildman–Crippen MR) is 386 cm³/mol. The van der Waals surface area contributed by atoms with Crippen LogP contribution in [0.4, 0.5) is 0 Å². The fourth-order valence-electron chi connectivity index (χ4n) is 12.8. The fraction of sp³-hybridized carbons (Fsp3) is 0.595. The molecule has 0 spiro atoms. The van der Waals surface area contributed by atoms with Gasteiger partial charge in [-0.1, -0.05) is 114 Å². The Balaban J connectivity index is 1.45. The summed E-state index contributed by atoms with van der Waals surface area (Å²) in [6, 6.07) is 12.0. The molecule has 0 unspecified atom stereocenters. The van der Waals surface area contributed by atoms with E-state index in [0.29, 0.717) is 49.0 Å². The quantitative estimate of drug-likeness (QED) is 0.170. The van der Waals surface area contributed by atoms with Crippen LogP contribution in [0.1, 0.15) is 135 Å². The number of rotatable bonds is 13. The van der Waals surface area contributed by atoms with E-state index in [-0.39, 0.29) is 56.9 Å². The molecule has 542 valence electrons. The van der Waals surface area contributed by atoms with Crippen molar-refractivity contribution in [2.75, 3.05) is 75.0 Å². The molecule has 3 fully saturated rings. The second-order valence-corrected chi connectivity index (χ2v) is 30.0. The lowest BCUT2D eigenvalue weighted by Gasteiger charge is -2.43. The van der Waals surface area contributed by atoms with Crippen LogP contribution in [0.15, 0.2) is 72.8 Å². The number of nitrogens with zero attached hydrogens (tertiary/aromatic N) is 8. The summed E-state index contributed by atoms with van der Waals surface area (Å²) < 4.78 is 0.843. The second kappa shape index (κ2) is 35.9. The van der Waals surface area contributed by atoms with Crippen LogP contribution in [-0.2, 0) is 76.8 Å². The van der Waals surface area contributed by atoms with Crippen molar-refractivity contribution in [2.45, 2.75) is 194 Å². The van der Waals surface area contributed by atoms with Crippen molar-refractivity contribution in [3.63, 3.8) is 0 Å². The van der Waals surface area contributed by atoms with Gasteiger partial charge in [-0.15, -0.1) is 0 Å². The maximum Gasteiger partial charge on any atom is 0.246 e. The highest BCUT2D eigenvalue weighted by Crippen LogP contribution is 2.26. The highest BCUT2D eigenvalue weighted by molar-refractivity contribution is 14.1. The molecule has 3 heterocycles. The average molecular weight is 1480 g/mol. The zero-order chi connectivity index (χ0) is 73.5. The Kier molecular flexibility index (Phi) is 29.0. The Hall–Kier alpha value is -7.97. The summed E-state index contributed by atoms with van der Waals surface area (Å²) in [6.45, 7) is 17.7. The molecule has 9 atom stereocenters. The second-order valence-electron chi connectivity index (χ2n) is 28.8. The van der Waals surface area contributed by atoms with Gasteiger partial charge in [-0.2, -0.15) is 0 Å². The lowest BCUT2D eigenvalue weighted by molar-refractivity contribution is -0.157. The molecule has 4 N–H and O–H groups in total. The van der Waals surface area contributed by atoms with Crippen molar-refractivity contribution < 1.29 is 57.5 Å². The number of likely N-dealkylation sites (N-methyl/N-ethyl adjacent to an activating group) is 6. The van der Waals surface area contributed by atoms with Crippen LogP contribution in [0, 0.1) is 35.2 Å². The summed E-state index contributed by atoms with van der Waals surface area (Å²) in [5, 5.41) is 11.6. The minimum atomic E-state index is -1.74. The molecule has 3 aliphatic rings. The Morgan fingerprint density at radius 3 is 1.81 bits per heavy atom. The number of fused-ring (bicyclic) bond motifs is 1. The van der Waals surface area contributed by atoms with E-state index < -0.39 is 150 Å². The first-order chi connectivity index (χ1) is 46.6. The summed E-state index contributed by atoms with van der Waals surface area (Å²) in [4.78, 5) is 189. The molecule has 0 radical (unpaired) electrons. The van der Waals surface area contributed by atoms with Crippen molar-refractivity contribution in [3.05, 3.63) is 104 Å². The monoisotopic (exact) mass is 1480 g/mol. The van der Waals surface area contributed by atoms with Crippen molar-refractivity contribution in [1.82, 2.24) is 60.5 Å². The standard InChI is InChI=1S/C74H107IN12O12/c1-17-48(7)64-72(98)81(12)44-63(90)87-35-32-57(87)70(96)84(15)59(40-50-30-28-47(6)29-31-50)69(95)80(11)43-61(88)76-54(39-51-25-23-27-53(75)38-51)65(91)77-56(41-52-26-20-19-24-49(52)8)68(94)85(16)74(9,10)73(99)78-55(36-45(2)3)67(93)83(14)60(71(97)86-33-21-18-22-34-86)42-62(89)82(13)58(37-46(4)5)66(92)79-64/h19-20,23-31,38,45-46,48,54-60,64H,17-18,21-22,32-37,39-44H2,1-16H3,(H,76,88)(H,77,91)(H,78,99)(H,79,92)/t48-,54-,55-,56-,57-,58-,59-,60-,64-/m0/s1. The van der Waals surface area contributed by atoms with Crippen molar-refractivity contribution in [1.29, 1.82) is 0 Å². The zero-order valence-electron chi connectivity index (χ0n) is 60.9. The van der Waals surface area contributed by atoms with Gasteiger partial charge in [0.1, 0.15) is 53.9 Å². The van der Waals surface area contributed by atoms with Crippen LogP contribution < -0.4 is 21.3 Å². The molecule has 0 saturated carbocycles. The third-order valence-corrected chi connectivity index (χ3v) is 20.5. The minimum Gasteiger partial charge on any atom is -0.342 e. The van der Waals surface area contributed by atoms with Crippen LogP contribution in [0.25, 0.3) is 0 Å². The Bertz CT molecular complexity index is 3410. The molecular formula is C74H107IN12O12. The maximum atomic E-state index is 15.4. The molecule has 12 amide bonds. The maximum absolute atomic E-state index is 15.4. The number of amides is 12. The molecule has 0 bridgehead atoms. The highest BCUT2D eigenvalue weighted by Gasteiger charge is 2.46. The number of likely N-dealkylation sites (tertiary alicyclic amines) is 1. The van der Waals surface area contributed by atoms with Crippen LogP contribution in [-0.4, -0.2) is 239 Å². The molecule has 6 rings (SSSR count). The van der Waals surface area contributed by atoms with E-state index in [1.165, 1.54) is 90.4 Å². The van der Waals surface area contributed by atoms with Crippen molar-refractivity contribution in [2.24, 2.45) is 17.8 Å². The van der Waals surface area contributed by atoms with E-state index in [9.17, 15) is 38.4 Å². The first-order valence-electron chi connectivity index (χ1n) is 34.8. The van der Waals surface area contributed by atoms with Crippen LogP contribution in [0.3, 0.4) is 0 Å². The van der Waals surface area contributed by atoms with Gasteiger partial charge >= 0.3 is 0 Å². The first kappa shape index (κ1) is 80.0. The number of hydrogen-bond acceptors (Lipinski definition) is 12. The van der Waals surface area contributed by atoms with Gasteiger partial charge < -0.3 is 60.5 Å². The molecule has 0 aromatic heterocycles. The number of carbonyl (C=O) groups excluding carboxylic acids is 12. The number of halogens is 1. The van der Waals surface area contributed by atoms with Crippen LogP contribution in [0.5, 0.6) is 0 Å².